The van der Waals surface area contributed by atoms with Gasteiger partial charge in [0.15, 0.2) is 0 Å². The zero-order valence-electron chi connectivity index (χ0n) is 13.1. The number of hydrogen-bond acceptors (Lipinski definition) is 3. The number of imidazole rings is 1. The number of aromatic nitrogens is 2. The molecule has 1 fully saturated rings. The van der Waals surface area contributed by atoms with Crippen molar-refractivity contribution in [3.63, 3.8) is 0 Å². The van der Waals surface area contributed by atoms with E-state index in [1.165, 1.54) is 12.8 Å². The number of amides is 1. The monoisotopic (exact) mass is 298 g/mol. The summed E-state index contributed by atoms with van der Waals surface area (Å²) in [5.41, 5.74) is 1.04. The Labute approximate surface area is 131 Å². The molecular weight excluding hydrogens is 276 g/mol. The van der Waals surface area contributed by atoms with Crippen molar-refractivity contribution >= 4 is 5.91 Å². The van der Waals surface area contributed by atoms with Crippen LogP contribution in [-0.2, 0) is 11.8 Å². The summed E-state index contributed by atoms with van der Waals surface area (Å²) in [7, 11) is 3.95. The molecule has 5 nitrogen and oxygen atoms in total. The number of benzene rings is 1. The molecule has 0 saturated heterocycles. The SMILES string of the molecule is CN(CC(=O)NC(c1ccccc1)c1nccn1C)C1CC1. The Morgan fingerprint density at radius 3 is 2.73 bits per heavy atom. The lowest BCUT2D eigenvalue weighted by atomic mass is 10.1. The average Bonchev–Trinajstić information content (AvgIpc) is 3.29. The standard InChI is InChI=1S/C17H22N4O/c1-20-11-10-18-17(20)16(13-6-4-3-5-7-13)19-15(22)12-21(2)14-8-9-14/h3-7,10-11,14,16H,8-9,12H2,1-2H3,(H,19,22). The Balaban J connectivity index is 1.77. The van der Waals surface area contributed by atoms with Crippen LogP contribution in [0.15, 0.2) is 42.7 Å². The molecule has 3 rings (SSSR count). The van der Waals surface area contributed by atoms with Gasteiger partial charge in [-0.3, -0.25) is 9.69 Å². The van der Waals surface area contributed by atoms with E-state index in [4.69, 9.17) is 0 Å². The highest BCUT2D eigenvalue weighted by Gasteiger charge is 2.28. The molecule has 0 bridgehead atoms. The van der Waals surface area contributed by atoms with E-state index in [1.54, 1.807) is 6.20 Å². The van der Waals surface area contributed by atoms with Gasteiger partial charge in [0.05, 0.1) is 6.54 Å². The molecule has 1 aromatic heterocycles. The average molecular weight is 298 g/mol. The first-order valence-electron chi connectivity index (χ1n) is 7.67. The van der Waals surface area contributed by atoms with Crippen molar-refractivity contribution in [2.75, 3.05) is 13.6 Å². The van der Waals surface area contributed by atoms with Gasteiger partial charge in [0, 0.05) is 25.5 Å². The van der Waals surface area contributed by atoms with E-state index in [2.05, 4.69) is 15.2 Å². The molecule has 0 radical (unpaired) electrons. The number of rotatable bonds is 6. The minimum absolute atomic E-state index is 0.0336. The van der Waals surface area contributed by atoms with Crippen molar-refractivity contribution in [2.24, 2.45) is 7.05 Å². The zero-order chi connectivity index (χ0) is 15.5. The molecule has 1 aliphatic rings. The van der Waals surface area contributed by atoms with Crippen molar-refractivity contribution in [1.29, 1.82) is 0 Å². The first kappa shape index (κ1) is 14.8. The van der Waals surface area contributed by atoms with Gasteiger partial charge in [-0.2, -0.15) is 0 Å². The third kappa shape index (κ3) is 3.36. The van der Waals surface area contributed by atoms with Crippen LogP contribution >= 0.6 is 0 Å². The van der Waals surface area contributed by atoms with E-state index >= 15 is 0 Å². The van der Waals surface area contributed by atoms with Crippen LogP contribution in [0.1, 0.15) is 30.3 Å². The number of hydrogen-bond donors (Lipinski definition) is 1. The summed E-state index contributed by atoms with van der Waals surface area (Å²) < 4.78 is 1.95. The molecule has 116 valence electrons. The summed E-state index contributed by atoms with van der Waals surface area (Å²) in [6.45, 7) is 0.429. The van der Waals surface area contributed by atoms with Gasteiger partial charge in [-0.15, -0.1) is 0 Å². The fourth-order valence-electron chi connectivity index (χ4n) is 2.68. The second-order valence-corrected chi connectivity index (χ2v) is 5.95. The minimum Gasteiger partial charge on any atom is -0.341 e. The summed E-state index contributed by atoms with van der Waals surface area (Å²) in [4.78, 5) is 18.9. The second kappa shape index (κ2) is 6.32. The van der Waals surface area contributed by atoms with E-state index < -0.39 is 0 Å². The minimum atomic E-state index is -0.221. The zero-order valence-corrected chi connectivity index (χ0v) is 13.1. The highest BCUT2D eigenvalue weighted by molar-refractivity contribution is 5.79. The molecule has 1 atom stereocenters. The number of likely N-dealkylation sites (N-methyl/N-ethyl adjacent to an activating group) is 1. The van der Waals surface area contributed by atoms with Crippen LogP contribution in [0.25, 0.3) is 0 Å². The topological polar surface area (TPSA) is 50.2 Å². The first-order valence-corrected chi connectivity index (χ1v) is 7.67. The summed E-state index contributed by atoms with van der Waals surface area (Å²) in [5, 5.41) is 3.13. The third-order valence-corrected chi connectivity index (χ3v) is 4.12. The maximum absolute atomic E-state index is 12.4. The molecule has 1 unspecified atom stereocenters. The van der Waals surface area contributed by atoms with Gasteiger partial charge in [0.1, 0.15) is 11.9 Å². The van der Waals surface area contributed by atoms with Gasteiger partial charge < -0.3 is 9.88 Å². The van der Waals surface area contributed by atoms with Crippen LogP contribution in [0.4, 0.5) is 0 Å². The van der Waals surface area contributed by atoms with Crippen molar-refractivity contribution in [2.45, 2.75) is 24.9 Å². The predicted molar refractivity (Wildman–Crippen MR) is 85.3 cm³/mol. The van der Waals surface area contributed by atoms with Crippen LogP contribution in [0.3, 0.4) is 0 Å². The van der Waals surface area contributed by atoms with E-state index in [0.29, 0.717) is 12.6 Å². The van der Waals surface area contributed by atoms with Crippen LogP contribution in [0.2, 0.25) is 0 Å². The highest BCUT2D eigenvalue weighted by Crippen LogP contribution is 2.25. The van der Waals surface area contributed by atoms with Gasteiger partial charge in [-0.05, 0) is 25.5 Å². The van der Waals surface area contributed by atoms with Crippen LogP contribution in [0, 0.1) is 0 Å². The van der Waals surface area contributed by atoms with Crippen molar-refractivity contribution in [1.82, 2.24) is 19.8 Å². The fraction of sp³-hybridized carbons (Fsp3) is 0.412. The highest BCUT2D eigenvalue weighted by atomic mass is 16.2. The maximum atomic E-state index is 12.4. The normalized spacial score (nSPS) is 15.8. The van der Waals surface area contributed by atoms with Gasteiger partial charge in [-0.25, -0.2) is 4.98 Å². The molecule has 22 heavy (non-hydrogen) atoms. The lowest BCUT2D eigenvalue weighted by Crippen LogP contribution is -2.39. The van der Waals surface area contributed by atoms with Crippen LogP contribution in [0.5, 0.6) is 0 Å². The van der Waals surface area contributed by atoms with Gasteiger partial charge in [0.25, 0.3) is 0 Å². The van der Waals surface area contributed by atoms with Crippen molar-refractivity contribution < 1.29 is 4.79 Å². The molecule has 1 amide bonds. The Morgan fingerprint density at radius 2 is 2.14 bits per heavy atom. The number of carbonyl (C=O) groups is 1. The fourth-order valence-corrected chi connectivity index (χ4v) is 2.68. The Kier molecular flexibility index (Phi) is 4.24. The molecule has 0 aliphatic heterocycles. The molecule has 1 heterocycles. The smallest absolute Gasteiger partial charge is 0.235 e. The van der Waals surface area contributed by atoms with Gasteiger partial charge in [-0.1, -0.05) is 30.3 Å². The van der Waals surface area contributed by atoms with Crippen molar-refractivity contribution in [3.8, 4) is 0 Å². The number of aryl methyl sites for hydroxylation is 1. The molecule has 1 aliphatic carbocycles. The Bertz CT molecular complexity index is 633. The maximum Gasteiger partial charge on any atom is 0.235 e. The molecule has 0 spiro atoms. The molecule has 1 N–H and O–H groups in total. The first-order chi connectivity index (χ1) is 10.6. The quantitative estimate of drug-likeness (QED) is 0.883. The lowest BCUT2D eigenvalue weighted by molar-refractivity contribution is -0.122. The van der Waals surface area contributed by atoms with Crippen molar-refractivity contribution in [3.05, 3.63) is 54.1 Å². The predicted octanol–water partition coefficient (Wildman–Crippen LogP) is 1.72. The van der Waals surface area contributed by atoms with E-state index in [9.17, 15) is 4.79 Å². The summed E-state index contributed by atoms with van der Waals surface area (Å²) in [6, 6.07) is 10.3. The van der Waals surface area contributed by atoms with Gasteiger partial charge >= 0.3 is 0 Å². The Morgan fingerprint density at radius 1 is 1.41 bits per heavy atom. The number of nitrogens with one attached hydrogen (secondary N) is 1. The van der Waals surface area contributed by atoms with E-state index in [0.717, 1.165) is 11.4 Å². The molecule has 2 aromatic rings. The molecule has 1 saturated carbocycles. The van der Waals surface area contributed by atoms with E-state index in [-0.39, 0.29) is 11.9 Å². The van der Waals surface area contributed by atoms with Gasteiger partial charge in [0.2, 0.25) is 5.91 Å². The van der Waals surface area contributed by atoms with E-state index in [1.807, 2.05) is 55.2 Å². The number of nitrogens with zero attached hydrogens (tertiary/aromatic N) is 3. The molecular formula is C17H22N4O. The van der Waals surface area contributed by atoms with Crippen LogP contribution in [-0.4, -0.2) is 40.0 Å². The lowest BCUT2D eigenvalue weighted by Gasteiger charge is -2.21. The second-order valence-electron chi connectivity index (χ2n) is 5.95. The third-order valence-electron chi connectivity index (χ3n) is 4.12. The molecule has 1 aromatic carbocycles. The summed E-state index contributed by atoms with van der Waals surface area (Å²) in [6.07, 6.45) is 6.05. The Hall–Kier alpha value is -2.14. The van der Waals surface area contributed by atoms with Crippen LogP contribution < -0.4 is 5.32 Å². The number of carbonyl (C=O) groups excluding carboxylic acids is 1. The summed E-state index contributed by atoms with van der Waals surface area (Å²) >= 11 is 0. The largest absolute Gasteiger partial charge is 0.341 e. The molecule has 5 heteroatoms. The summed E-state index contributed by atoms with van der Waals surface area (Å²) in [5.74, 6) is 0.875.